The lowest BCUT2D eigenvalue weighted by atomic mass is 10.2. The molecule has 1 unspecified atom stereocenters. The van der Waals surface area contributed by atoms with E-state index in [-0.39, 0.29) is 11.6 Å². The first kappa shape index (κ1) is 10.4. The normalized spacial score (nSPS) is 19.3. The first-order chi connectivity index (χ1) is 7.59. The number of aryl methyl sites for hydroxylation is 2. The summed E-state index contributed by atoms with van der Waals surface area (Å²) in [5.74, 6) is 0.956. The van der Waals surface area contributed by atoms with E-state index >= 15 is 0 Å². The van der Waals surface area contributed by atoms with Crippen molar-refractivity contribution < 1.29 is 0 Å². The quantitative estimate of drug-likeness (QED) is 0.676. The van der Waals surface area contributed by atoms with Gasteiger partial charge in [-0.05, 0) is 26.3 Å². The number of thioether (sulfide) groups is 1. The fraction of sp³-hybridized carbons (Fsp3) is 0.455. The molecule has 0 amide bonds. The van der Waals surface area contributed by atoms with E-state index < -0.39 is 0 Å². The van der Waals surface area contributed by atoms with Crippen molar-refractivity contribution in [3.8, 4) is 0 Å². The fourth-order valence-corrected chi connectivity index (χ4v) is 4.22. The number of thiophene rings is 1. The number of nitrogens with zero attached hydrogens (tertiary/aromatic N) is 2. The number of rotatable bonds is 0. The summed E-state index contributed by atoms with van der Waals surface area (Å²) in [7, 11) is 0. The van der Waals surface area contributed by atoms with Crippen LogP contribution in [0, 0.1) is 13.8 Å². The third-order valence-corrected chi connectivity index (χ3v) is 5.39. The second kappa shape index (κ2) is 3.34. The Balaban J connectivity index is 2.49. The zero-order chi connectivity index (χ0) is 11.4. The average Bonchev–Trinajstić information content (AvgIpc) is 2.71. The summed E-state index contributed by atoms with van der Waals surface area (Å²) in [5, 5.41) is 1.70. The van der Waals surface area contributed by atoms with Gasteiger partial charge in [-0.15, -0.1) is 11.3 Å². The van der Waals surface area contributed by atoms with Crippen LogP contribution in [0.3, 0.4) is 0 Å². The van der Waals surface area contributed by atoms with Crippen LogP contribution in [0.4, 0.5) is 0 Å². The highest BCUT2D eigenvalue weighted by atomic mass is 32.2. The Bertz CT molecular complexity index is 641. The molecule has 1 aliphatic heterocycles. The molecular weight excluding hydrogens is 240 g/mol. The van der Waals surface area contributed by atoms with Crippen molar-refractivity contribution in [2.24, 2.45) is 0 Å². The van der Waals surface area contributed by atoms with E-state index in [0.29, 0.717) is 0 Å². The molecule has 0 radical (unpaired) electrons. The van der Waals surface area contributed by atoms with Gasteiger partial charge >= 0.3 is 0 Å². The Labute approximate surface area is 102 Å². The van der Waals surface area contributed by atoms with Gasteiger partial charge in [0.25, 0.3) is 5.56 Å². The van der Waals surface area contributed by atoms with Gasteiger partial charge in [-0.3, -0.25) is 9.36 Å². The summed E-state index contributed by atoms with van der Waals surface area (Å²) in [6.45, 7) is 6.14. The lowest BCUT2D eigenvalue weighted by Gasteiger charge is -2.06. The van der Waals surface area contributed by atoms with Crippen molar-refractivity contribution >= 4 is 33.3 Å². The van der Waals surface area contributed by atoms with Crippen LogP contribution < -0.4 is 5.56 Å². The van der Waals surface area contributed by atoms with Crippen LogP contribution in [-0.4, -0.2) is 15.3 Å². The highest BCUT2D eigenvalue weighted by Crippen LogP contribution is 2.34. The van der Waals surface area contributed by atoms with Crippen LogP contribution >= 0.6 is 23.1 Å². The van der Waals surface area contributed by atoms with Gasteiger partial charge in [-0.1, -0.05) is 11.8 Å². The number of hydrogen-bond donors (Lipinski definition) is 0. The summed E-state index contributed by atoms with van der Waals surface area (Å²) in [5.41, 5.74) is 1.23. The maximum Gasteiger partial charge on any atom is 0.263 e. The van der Waals surface area contributed by atoms with Gasteiger partial charge in [0.05, 0.1) is 5.39 Å². The van der Waals surface area contributed by atoms with Crippen LogP contribution in [0.15, 0.2) is 9.95 Å². The van der Waals surface area contributed by atoms with Gasteiger partial charge in [0.1, 0.15) is 4.83 Å². The van der Waals surface area contributed by atoms with Gasteiger partial charge in [0, 0.05) is 16.7 Å². The standard InChI is InChI=1S/C11H12N2OS2/c1-5-4-15-11-12-9-8(10(14)13(5)11)6(2)7(3)16-9/h5H,4H2,1-3H3. The van der Waals surface area contributed by atoms with Crippen molar-refractivity contribution in [2.45, 2.75) is 32.0 Å². The fourth-order valence-electron chi connectivity index (χ4n) is 2.05. The SMILES string of the molecule is Cc1sc2nc3n(c(=O)c2c1C)C(C)CS3. The van der Waals surface area contributed by atoms with Gasteiger partial charge in [-0.25, -0.2) is 4.98 Å². The molecule has 0 fully saturated rings. The van der Waals surface area contributed by atoms with Crippen molar-refractivity contribution in [3.63, 3.8) is 0 Å². The third-order valence-electron chi connectivity index (χ3n) is 3.10. The first-order valence-electron chi connectivity index (χ1n) is 5.24. The predicted molar refractivity (Wildman–Crippen MR) is 68.8 cm³/mol. The van der Waals surface area contributed by atoms with Crippen LogP contribution in [-0.2, 0) is 0 Å². The van der Waals surface area contributed by atoms with E-state index in [1.54, 1.807) is 23.1 Å². The molecule has 0 aromatic carbocycles. The Morgan fingerprint density at radius 3 is 2.94 bits per heavy atom. The average molecular weight is 252 g/mol. The lowest BCUT2D eigenvalue weighted by molar-refractivity contribution is 0.551. The Hall–Kier alpha value is -0.810. The summed E-state index contributed by atoms with van der Waals surface area (Å²) in [6, 6.07) is 0.268. The molecule has 2 aromatic rings. The van der Waals surface area contributed by atoms with E-state index in [0.717, 1.165) is 26.7 Å². The topological polar surface area (TPSA) is 34.9 Å². The number of hydrogen-bond acceptors (Lipinski definition) is 4. The molecule has 5 heteroatoms. The molecule has 84 valence electrons. The highest BCUT2D eigenvalue weighted by Gasteiger charge is 2.24. The second-order valence-corrected chi connectivity index (χ2v) is 6.38. The van der Waals surface area contributed by atoms with Gasteiger partial charge in [-0.2, -0.15) is 0 Å². The van der Waals surface area contributed by atoms with E-state index in [9.17, 15) is 4.79 Å². The minimum atomic E-state index is 0.138. The zero-order valence-electron chi connectivity index (χ0n) is 9.40. The Morgan fingerprint density at radius 2 is 2.19 bits per heavy atom. The van der Waals surface area contributed by atoms with E-state index in [1.807, 2.05) is 18.4 Å². The lowest BCUT2D eigenvalue weighted by Crippen LogP contribution is -2.22. The molecule has 3 heterocycles. The Morgan fingerprint density at radius 1 is 1.44 bits per heavy atom. The van der Waals surface area contributed by atoms with E-state index in [2.05, 4.69) is 11.9 Å². The van der Waals surface area contributed by atoms with Gasteiger partial charge in [0.2, 0.25) is 0 Å². The van der Waals surface area contributed by atoms with Crippen molar-refractivity contribution in [1.29, 1.82) is 0 Å². The Kier molecular flexibility index (Phi) is 2.16. The molecule has 0 saturated carbocycles. The molecule has 1 atom stereocenters. The maximum absolute atomic E-state index is 12.4. The molecule has 16 heavy (non-hydrogen) atoms. The summed E-state index contributed by atoms with van der Waals surface area (Å²) in [4.78, 5) is 19.1. The van der Waals surface area contributed by atoms with E-state index in [4.69, 9.17) is 0 Å². The smallest absolute Gasteiger partial charge is 0.263 e. The van der Waals surface area contributed by atoms with Crippen LogP contribution in [0.2, 0.25) is 0 Å². The third kappa shape index (κ3) is 1.21. The molecule has 2 aromatic heterocycles. The van der Waals surface area contributed by atoms with Crippen molar-refractivity contribution in [3.05, 3.63) is 20.8 Å². The van der Waals surface area contributed by atoms with Crippen LogP contribution in [0.25, 0.3) is 10.2 Å². The molecule has 0 N–H and O–H groups in total. The molecule has 0 bridgehead atoms. The highest BCUT2D eigenvalue weighted by molar-refractivity contribution is 7.99. The van der Waals surface area contributed by atoms with Crippen LogP contribution in [0.1, 0.15) is 23.4 Å². The van der Waals surface area contributed by atoms with Crippen molar-refractivity contribution in [1.82, 2.24) is 9.55 Å². The molecule has 3 nitrogen and oxygen atoms in total. The first-order valence-corrected chi connectivity index (χ1v) is 7.05. The second-order valence-electron chi connectivity index (χ2n) is 4.19. The van der Waals surface area contributed by atoms with Crippen LogP contribution in [0.5, 0.6) is 0 Å². The molecule has 0 aliphatic carbocycles. The minimum Gasteiger partial charge on any atom is -0.283 e. The number of fused-ring (bicyclic) bond motifs is 2. The number of aromatic nitrogens is 2. The molecule has 0 saturated heterocycles. The van der Waals surface area contributed by atoms with E-state index in [1.165, 1.54) is 4.88 Å². The molecule has 0 spiro atoms. The zero-order valence-corrected chi connectivity index (χ0v) is 11.0. The minimum absolute atomic E-state index is 0.138. The molecular formula is C11H12N2OS2. The van der Waals surface area contributed by atoms with Gasteiger partial charge < -0.3 is 0 Å². The molecule has 1 aliphatic rings. The monoisotopic (exact) mass is 252 g/mol. The van der Waals surface area contributed by atoms with Crippen molar-refractivity contribution in [2.75, 3.05) is 5.75 Å². The molecule has 3 rings (SSSR count). The summed E-state index contributed by atoms with van der Waals surface area (Å²) >= 11 is 3.30. The largest absolute Gasteiger partial charge is 0.283 e. The summed E-state index contributed by atoms with van der Waals surface area (Å²) < 4.78 is 1.84. The predicted octanol–water partition coefficient (Wildman–Crippen LogP) is 2.74. The summed E-state index contributed by atoms with van der Waals surface area (Å²) in [6.07, 6.45) is 0. The van der Waals surface area contributed by atoms with Gasteiger partial charge in [0.15, 0.2) is 5.16 Å². The maximum atomic E-state index is 12.4.